The highest BCUT2D eigenvalue weighted by Gasteiger charge is 2.37. The molecule has 9 heteroatoms. The number of carbonyl (C=O) groups excluding carboxylic acids is 3. The van der Waals surface area contributed by atoms with Gasteiger partial charge in [-0.3, -0.25) is 14.9 Å². The second kappa shape index (κ2) is 10.2. The SMILES string of the molecule is Cc1cc(C)cc(N2C(=O)NC(=O)/C(=C\c3cc(Br)ccc3OCc3ccc(C(=O)O)cc3)C2=O)c1. The molecule has 8 nitrogen and oxygen atoms in total. The summed E-state index contributed by atoms with van der Waals surface area (Å²) in [7, 11) is 0. The van der Waals surface area contributed by atoms with E-state index >= 15 is 0 Å². The molecule has 0 aromatic heterocycles. The predicted octanol–water partition coefficient (Wildman–Crippen LogP) is 5.01. The van der Waals surface area contributed by atoms with Gasteiger partial charge in [-0.05, 0) is 79.1 Å². The van der Waals surface area contributed by atoms with Gasteiger partial charge in [-0.25, -0.2) is 14.5 Å². The molecule has 1 heterocycles. The third kappa shape index (κ3) is 5.36. The number of aryl methyl sites for hydroxylation is 2. The summed E-state index contributed by atoms with van der Waals surface area (Å²) in [5, 5.41) is 11.3. The smallest absolute Gasteiger partial charge is 0.335 e. The summed E-state index contributed by atoms with van der Waals surface area (Å²) in [6.45, 7) is 3.83. The Kier molecular flexibility index (Phi) is 7.03. The molecule has 0 saturated carbocycles. The van der Waals surface area contributed by atoms with E-state index in [1.54, 1.807) is 42.5 Å². The molecule has 0 spiro atoms. The second-order valence-electron chi connectivity index (χ2n) is 8.28. The van der Waals surface area contributed by atoms with Crippen LogP contribution in [0.2, 0.25) is 0 Å². The molecular weight excluding hydrogens is 528 g/mol. The number of ether oxygens (including phenoxy) is 1. The number of nitrogens with zero attached hydrogens (tertiary/aromatic N) is 1. The number of carbonyl (C=O) groups is 4. The van der Waals surface area contributed by atoms with Gasteiger partial charge in [0.15, 0.2) is 0 Å². The molecule has 36 heavy (non-hydrogen) atoms. The first-order chi connectivity index (χ1) is 17.1. The summed E-state index contributed by atoms with van der Waals surface area (Å²) in [5.41, 5.74) is 3.22. The number of imide groups is 2. The molecule has 4 rings (SSSR count). The average Bonchev–Trinajstić information content (AvgIpc) is 2.80. The number of barbiturate groups is 1. The monoisotopic (exact) mass is 548 g/mol. The van der Waals surface area contributed by atoms with Gasteiger partial charge in [-0.15, -0.1) is 0 Å². The summed E-state index contributed by atoms with van der Waals surface area (Å²) in [6.07, 6.45) is 1.38. The normalized spacial score (nSPS) is 14.7. The molecule has 1 saturated heterocycles. The molecule has 0 unspecified atom stereocenters. The van der Waals surface area contributed by atoms with Gasteiger partial charge in [0.2, 0.25) is 0 Å². The number of rotatable bonds is 6. The Morgan fingerprint density at radius 2 is 1.67 bits per heavy atom. The fraction of sp³-hybridized carbons (Fsp3) is 0.111. The molecule has 1 fully saturated rings. The Morgan fingerprint density at radius 1 is 1.00 bits per heavy atom. The molecule has 1 aliphatic heterocycles. The van der Waals surface area contributed by atoms with E-state index in [1.165, 1.54) is 18.2 Å². The summed E-state index contributed by atoms with van der Waals surface area (Å²) >= 11 is 3.39. The van der Waals surface area contributed by atoms with Crippen LogP contribution in [0.4, 0.5) is 10.5 Å². The maximum absolute atomic E-state index is 13.3. The van der Waals surface area contributed by atoms with E-state index in [9.17, 15) is 19.2 Å². The van der Waals surface area contributed by atoms with E-state index in [-0.39, 0.29) is 17.7 Å². The van der Waals surface area contributed by atoms with Crippen molar-refractivity contribution in [2.75, 3.05) is 4.90 Å². The van der Waals surface area contributed by atoms with Crippen molar-refractivity contribution in [2.24, 2.45) is 0 Å². The van der Waals surface area contributed by atoms with Crippen LogP contribution in [0.1, 0.15) is 32.6 Å². The third-order valence-corrected chi connectivity index (χ3v) is 5.93. The van der Waals surface area contributed by atoms with Crippen LogP contribution in [0, 0.1) is 13.8 Å². The Balaban J connectivity index is 1.65. The van der Waals surface area contributed by atoms with Crippen molar-refractivity contribution in [1.82, 2.24) is 5.32 Å². The van der Waals surface area contributed by atoms with Gasteiger partial charge in [0.25, 0.3) is 11.8 Å². The van der Waals surface area contributed by atoms with Crippen LogP contribution >= 0.6 is 15.9 Å². The zero-order chi connectivity index (χ0) is 26.0. The number of urea groups is 1. The molecule has 2 N–H and O–H groups in total. The number of hydrogen-bond donors (Lipinski definition) is 2. The zero-order valence-electron chi connectivity index (χ0n) is 19.4. The van der Waals surface area contributed by atoms with Crippen LogP contribution < -0.4 is 15.0 Å². The summed E-state index contributed by atoms with van der Waals surface area (Å²) in [6, 6.07) is 15.9. The standard InChI is InChI=1S/C27H21BrN2O6/c1-15-9-16(2)11-21(10-15)30-25(32)22(24(31)29-27(30)35)13-19-12-20(28)7-8-23(19)36-14-17-3-5-18(6-4-17)26(33)34/h3-13H,14H2,1-2H3,(H,33,34)(H,29,31,35)/b22-13+. The molecule has 0 bridgehead atoms. The number of amides is 4. The highest BCUT2D eigenvalue weighted by atomic mass is 79.9. The third-order valence-electron chi connectivity index (χ3n) is 5.43. The number of benzene rings is 3. The van der Waals surface area contributed by atoms with Crippen LogP contribution in [0.3, 0.4) is 0 Å². The molecule has 3 aromatic carbocycles. The van der Waals surface area contributed by atoms with Crippen LogP contribution in [0.15, 0.2) is 70.7 Å². The fourth-order valence-electron chi connectivity index (χ4n) is 3.80. The largest absolute Gasteiger partial charge is 0.488 e. The first-order valence-electron chi connectivity index (χ1n) is 10.9. The second-order valence-corrected chi connectivity index (χ2v) is 9.19. The van der Waals surface area contributed by atoms with E-state index in [2.05, 4.69) is 21.2 Å². The first kappa shape index (κ1) is 24.9. The van der Waals surface area contributed by atoms with Crippen LogP contribution in [0.25, 0.3) is 6.08 Å². The molecule has 1 aliphatic rings. The number of halogens is 1. The highest BCUT2D eigenvalue weighted by molar-refractivity contribution is 9.10. The van der Waals surface area contributed by atoms with E-state index in [1.807, 2.05) is 19.9 Å². The van der Waals surface area contributed by atoms with Crippen molar-refractivity contribution in [1.29, 1.82) is 0 Å². The maximum atomic E-state index is 13.3. The van der Waals surface area contributed by atoms with E-state index < -0.39 is 23.8 Å². The molecule has 0 atom stereocenters. The van der Waals surface area contributed by atoms with Crippen molar-refractivity contribution in [3.8, 4) is 5.75 Å². The highest BCUT2D eigenvalue weighted by Crippen LogP contribution is 2.29. The number of carboxylic acid groups (broad SMARTS) is 1. The van der Waals surface area contributed by atoms with Crippen LogP contribution in [-0.2, 0) is 16.2 Å². The zero-order valence-corrected chi connectivity index (χ0v) is 21.0. The van der Waals surface area contributed by atoms with Gasteiger partial charge < -0.3 is 9.84 Å². The number of nitrogens with one attached hydrogen (secondary N) is 1. The van der Waals surface area contributed by atoms with Crippen molar-refractivity contribution >= 4 is 51.5 Å². The average molecular weight is 549 g/mol. The topological polar surface area (TPSA) is 113 Å². The van der Waals surface area contributed by atoms with Gasteiger partial charge >= 0.3 is 12.0 Å². The number of anilines is 1. The number of carboxylic acids is 1. The summed E-state index contributed by atoms with van der Waals surface area (Å²) in [4.78, 5) is 50.5. The summed E-state index contributed by atoms with van der Waals surface area (Å²) in [5.74, 6) is -2.18. The van der Waals surface area contributed by atoms with Crippen molar-refractivity contribution in [2.45, 2.75) is 20.5 Å². The van der Waals surface area contributed by atoms with E-state index in [0.717, 1.165) is 21.6 Å². The van der Waals surface area contributed by atoms with E-state index in [0.29, 0.717) is 21.5 Å². The lowest BCUT2D eigenvalue weighted by Crippen LogP contribution is -2.54. The lowest BCUT2D eigenvalue weighted by atomic mass is 10.0. The van der Waals surface area contributed by atoms with Crippen LogP contribution in [-0.4, -0.2) is 28.9 Å². The molecule has 0 aliphatic carbocycles. The molecule has 3 aromatic rings. The predicted molar refractivity (Wildman–Crippen MR) is 137 cm³/mol. The maximum Gasteiger partial charge on any atom is 0.335 e. The van der Waals surface area contributed by atoms with Gasteiger partial charge in [0, 0.05) is 10.0 Å². The Labute approximate surface area is 215 Å². The first-order valence-corrected chi connectivity index (χ1v) is 11.7. The lowest BCUT2D eigenvalue weighted by Gasteiger charge is -2.27. The Morgan fingerprint density at radius 3 is 2.31 bits per heavy atom. The number of hydrogen-bond acceptors (Lipinski definition) is 5. The fourth-order valence-corrected chi connectivity index (χ4v) is 4.17. The molecule has 182 valence electrons. The quantitative estimate of drug-likeness (QED) is 0.330. The van der Waals surface area contributed by atoms with Crippen LogP contribution in [0.5, 0.6) is 5.75 Å². The van der Waals surface area contributed by atoms with Crippen molar-refractivity contribution < 1.29 is 29.0 Å². The van der Waals surface area contributed by atoms with Gasteiger partial charge in [-0.1, -0.05) is 34.1 Å². The Bertz CT molecular complexity index is 1410. The minimum Gasteiger partial charge on any atom is -0.488 e. The molecular formula is C27H21BrN2O6. The van der Waals surface area contributed by atoms with Gasteiger partial charge in [-0.2, -0.15) is 0 Å². The van der Waals surface area contributed by atoms with Gasteiger partial charge in [0.1, 0.15) is 17.9 Å². The lowest BCUT2D eigenvalue weighted by molar-refractivity contribution is -0.122. The van der Waals surface area contributed by atoms with E-state index in [4.69, 9.17) is 9.84 Å². The minimum absolute atomic E-state index is 0.130. The molecule has 4 amide bonds. The number of aromatic carboxylic acids is 1. The summed E-state index contributed by atoms with van der Waals surface area (Å²) < 4.78 is 6.61. The minimum atomic E-state index is -1.02. The van der Waals surface area contributed by atoms with Crippen molar-refractivity contribution in [3.63, 3.8) is 0 Å². The van der Waals surface area contributed by atoms with Gasteiger partial charge in [0.05, 0.1) is 11.3 Å². The van der Waals surface area contributed by atoms with Crippen molar-refractivity contribution in [3.05, 3.63) is 98.5 Å². The molecule has 0 radical (unpaired) electrons. The Hall–Kier alpha value is -4.24.